The van der Waals surface area contributed by atoms with Crippen LogP contribution in [0.5, 0.6) is 0 Å². The quantitative estimate of drug-likeness (QED) is 0.601. The fraction of sp³-hybridized carbons (Fsp3) is 0.200. The first-order valence-electron chi connectivity index (χ1n) is 8.91. The first-order valence-corrected chi connectivity index (χ1v) is 10.1. The predicted molar refractivity (Wildman–Crippen MR) is 112 cm³/mol. The average Bonchev–Trinajstić information content (AvgIpc) is 3.07. The Morgan fingerprint density at radius 1 is 1.17 bits per heavy atom. The third-order valence-electron chi connectivity index (χ3n) is 4.26. The van der Waals surface area contributed by atoms with Gasteiger partial charge in [0.15, 0.2) is 6.61 Å². The fourth-order valence-electron chi connectivity index (χ4n) is 2.78. The van der Waals surface area contributed by atoms with Gasteiger partial charge in [0.05, 0.1) is 12.5 Å². The Labute approximate surface area is 185 Å². The van der Waals surface area contributed by atoms with Crippen LogP contribution in [-0.4, -0.2) is 41.9 Å². The minimum absolute atomic E-state index is 0.0319. The van der Waals surface area contributed by atoms with Gasteiger partial charge in [0.2, 0.25) is 5.91 Å². The molecule has 2 aromatic rings. The number of ether oxygens (including phenoxy) is 1. The van der Waals surface area contributed by atoms with Crippen LogP contribution in [0.25, 0.3) is 0 Å². The maximum atomic E-state index is 12.2. The maximum Gasteiger partial charge on any atom is 0.311 e. The number of carbonyl (C=O) groups excluding carboxylic acids is 4. The number of benzene rings is 2. The summed E-state index contributed by atoms with van der Waals surface area (Å²) in [6, 6.07) is 13.1. The SMILES string of the molecule is O=C(COC(=O)[C@@H]1CC(=O)N(NC(=O)c2ccc(Br)cc2)C1)Nc1cccc(Cl)c1. The summed E-state index contributed by atoms with van der Waals surface area (Å²) in [6.45, 7) is -0.531. The van der Waals surface area contributed by atoms with Crippen molar-refractivity contribution in [2.45, 2.75) is 6.42 Å². The van der Waals surface area contributed by atoms with E-state index in [1.165, 1.54) is 0 Å². The molecule has 2 aromatic carbocycles. The zero-order valence-corrected chi connectivity index (χ0v) is 17.9. The van der Waals surface area contributed by atoms with Crippen molar-refractivity contribution in [2.75, 3.05) is 18.5 Å². The number of esters is 1. The van der Waals surface area contributed by atoms with Crippen molar-refractivity contribution in [1.82, 2.24) is 10.4 Å². The molecule has 1 atom stereocenters. The number of anilines is 1. The molecule has 1 heterocycles. The third-order valence-corrected chi connectivity index (χ3v) is 5.02. The molecular weight excluding hydrogens is 478 g/mol. The lowest BCUT2D eigenvalue weighted by molar-refractivity contribution is -0.151. The van der Waals surface area contributed by atoms with Gasteiger partial charge in [-0.3, -0.25) is 29.6 Å². The van der Waals surface area contributed by atoms with Crippen LogP contribution in [-0.2, 0) is 19.1 Å². The number of hydrazine groups is 1. The van der Waals surface area contributed by atoms with Crippen LogP contribution in [0.3, 0.4) is 0 Å². The minimum atomic E-state index is -0.776. The van der Waals surface area contributed by atoms with E-state index in [0.717, 1.165) is 9.48 Å². The molecular formula is C20H17BrClN3O5. The monoisotopic (exact) mass is 493 g/mol. The van der Waals surface area contributed by atoms with Crippen LogP contribution in [0.15, 0.2) is 53.0 Å². The largest absolute Gasteiger partial charge is 0.455 e. The van der Waals surface area contributed by atoms with E-state index >= 15 is 0 Å². The number of nitrogens with one attached hydrogen (secondary N) is 2. The second kappa shape index (κ2) is 9.73. The maximum absolute atomic E-state index is 12.2. The number of hydrogen-bond donors (Lipinski definition) is 2. The van der Waals surface area contributed by atoms with Gasteiger partial charge in [-0.05, 0) is 42.5 Å². The van der Waals surface area contributed by atoms with Crippen LogP contribution in [0.4, 0.5) is 5.69 Å². The molecule has 0 aromatic heterocycles. The molecule has 0 unspecified atom stereocenters. The molecule has 10 heteroatoms. The lowest BCUT2D eigenvalue weighted by atomic mass is 10.1. The summed E-state index contributed by atoms with van der Waals surface area (Å²) < 4.78 is 5.83. The first kappa shape index (κ1) is 21.8. The van der Waals surface area contributed by atoms with Crippen molar-refractivity contribution in [2.24, 2.45) is 5.92 Å². The lowest BCUT2D eigenvalue weighted by Gasteiger charge is -2.17. The number of nitrogens with zero attached hydrogens (tertiary/aromatic N) is 1. The topological polar surface area (TPSA) is 105 Å². The summed E-state index contributed by atoms with van der Waals surface area (Å²) in [5, 5.41) is 4.10. The standard InChI is InChI=1S/C20H17BrClN3O5/c21-14-6-4-12(5-7-14)19(28)24-25-10-13(8-18(25)27)20(29)30-11-17(26)23-16-3-1-2-15(22)9-16/h1-7,9,13H,8,10-11H2,(H,23,26)(H,24,28)/t13-/m1/s1. The van der Waals surface area contributed by atoms with Crippen molar-refractivity contribution in [3.8, 4) is 0 Å². The normalized spacial score (nSPS) is 15.6. The van der Waals surface area contributed by atoms with Gasteiger partial charge in [-0.25, -0.2) is 0 Å². The molecule has 1 saturated heterocycles. The molecule has 1 aliphatic rings. The molecule has 0 saturated carbocycles. The number of halogens is 2. The second-order valence-corrected chi connectivity index (χ2v) is 7.87. The van der Waals surface area contributed by atoms with Crippen LogP contribution < -0.4 is 10.7 Å². The van der Waals surface area contributed by atoms with Crippen molar-refractivity contribution >= 4 is 56.9 Å². The average molecular weight is 495 g/mol. The Balaban J connectivity index is 1.47. The van der Waals surface area contributed by atoms with E-state index in [2.05, 4.69) is 26.7 Å². The van der Waals surface area contributed by atoms with Crippen LogP contribution >= 0.6 is 27.5 Å². The van der Waals surface area contributed by atoms with Gasteiger partial charge in [-0.1, -0.05) is 33.6 Å². The summed E-state index contributed by atoms with van der Waals surface area (Å²) in [7, 11) is 0. The van der Waals surface area contributed by atoms with Crippen LogP contribution in [0.2, 0.25) is 5.02 Å². The Morgan fingerprint density at radius 2 is 1.90 bits per heavy atom. The molecule has 8 nitrogen and oxygen atoms in total. The zero-order valence-electron chi connectivity index (χ0n) is 15.6. The van der Waals surface area contributed by atoms with Crippen molar-refractivity contribution < 1.29 is 23.9 Å². The predicted octanol–water partition coefficient (Wildman–Crippen LogP) is 2.78. The molecule has 30 heavy (non-hydrogen) atoms. The Bertz CT molecular complexity index is 983. The number of amides is 3. The molecule has 0 bridgehead atoms. The molecule has 3 rings (SSSR count). The molecule has 156 valence electrons. The summed E-state index contributed by atoms with van der Waals surface area (Å²) in [5.74, 6) is -2.88. The summed E-state index contributed by atoms with van der Waals surface area (Å²) in [5.41, 5.74) is 3.33. The number of hydrogen-bond acceptors (Lipinski definition) is 5. The Kier molecular flexibility index (Phi) is 7.07. The van der Waals surface area contributed by atoms with E-state index in [1.807, 2.05) is 0 Å². The highest BCUT2D eigenvalue weighted by Gasteiger charge is 2.36. The van der Waals surface area contributed by atoms with E-state index in [1.54, 1.807) is 48.5 Å². The van der Waals surface area contributed by atoms with Gasteiger partial charge in [0.1, 0.15) is 0 Å². The van der Waals surface area contributed by atoms with Crippen LogP contribution in [0, 0.1) is 5.92 Å². The molecule has 1 fully saturated rings. The van der Waals surface area contributed by atoms with Crippen molar-refractivity contribution in [3.05, 3.63) is 63.6 Å². The summed E-state index contributed by atoms with van der Waals surface area (Å²) >= 11 is 9.13. The van der Waals surface area contributed by atoms with Gasteiger partial charge in [0, 0.05) is 27.2 Å². The molecule has 0 aliphatic carbocycles. The fourth-order valence-corrected chi connectivity index (χ4v) is 3.23. The van der Waals surface area contributed by atoms with E-state index < -0.39 is 36.2 Å². The smallest absolute Gasteiger partial charge is 0.311 e. The summed E-state index contributed by atoms with van der Waals surface area (Å²) in [6.07, 6.45) is -0.116. The number of carbonyl (C=O) groups is 4. The van der Waals surface area contributed by atoms with E-state index in [4.69, 9.17) is 16.3 Å². The molecule has 1 aliphatic heterocycles. The molecule has 0 radical (unpaired) electrons. The zero-order chi connectivity index (χ0) is 21.7. The Hall–Kier alpha value is -2.91. The molecule has 0 spiro atoms. The lowest BCUT2D eigenvalue weighted by Crippen LogP contribution is -2.43. The summed E-state index contributed by atoms with van der Waals surface area (Å²) in [4.78, 5) is 48.5. The second-order valence-electron chi connectivity index (χ2n) is 6.52. The molecule has 3 amide bonds. The highest BCUT2D eigenvalue weighted by molar-refractivity contribution is 9.10. The highest BCUT2D eigenvalue weighted by atomic mass is 79.9. The van der Waals surface area contributed by atoms with Gasteiger partial charge >= 0.3 is 5.97 Å². The van der Waals surface area contributed by atoms with Gasteiger partial charge in [-0.2, -0.15) is 0 Å². The first-order chi connectivity index (χ1) is 14.3. The molecule has 2 N–H and O–H groups in total. The highest BCUT2D eigenvalue weighted by Crippen LogP contribution is 2.19. The van der Waals surface area contributed by atoms with E-state index in [-0.39, 0.29) is 13.0 Å². The van der Waals surface area contributed by atoms with Crippen molar-refractivity contribution in [3.63, 3.8) is 0 Å². The number of rotatable bonds is 6. The van der Waals surface area contributed by atoms with E-state index in [0.29, 0.717) is 16.3 Å². The van der Waals surface area contributed by atoms with Gasteiger partial charge < -0.3 is 10.1 Å². The Morgan fingerprint density at radius 3 is 2.60 bits per heavy atom. The van der Waals surface area contributed by atoms with E-state index in [9.17, 15) is 19.2 Å². The minimum Gasteiger partial charge on any atom is -0.455 e. The third kappa shape index (κ3) is 5.80. The van der Waals surface area contributed by atoms with Gasteiger partial charge in [0.25, 0.3) is 11.8 Å². The van der Waals surface area contributed by atoms with Crippen molar-refractivity contribution in [1.29, 1.82) is 0 Å². The van der Waals surface area contributed by atoms with Gasteiger partial charge in [-0.15, -0.1) is 0 Å². The van der Waals surface area contributed by atoms with Crippen LogP contribution in [0.1, 0.15) is 16.8 Å².